The number of hydrogen-bond acceptors (Lipinski definition) is 1. The summed E-state index contributed by atoms with van der Waals surface area (Å²) in [6.07, 6.45) is 5.26. The molecule has 0 aliphatic rings. The van der Waals surface area contributed by atoms with Crippen molar-refractivity contribution in [2.45, 2.75) is 5.88 Å². The first-order valence-corrected chi connectivity index (χ1v) is 5.06. The van der Waals surface area contributed by atoms with Crippen molar-refractivity contribution in [3.63, 3.8) is 0 Å². The van der Waals surface area contributed by atoms with E-state index in [-0.39, 0.29) is 0 Å². The molecule has 0 aliphatic carbocycles. The monoisotopic (exact) mass is 226 g/mol. The van der Waals surface area contributed by atoms with Crippen LogP contribution in [0.3, 0.4) is 0 Å². The van der Waals surface area contributed by atoms with Crippen LogP contribution in [0.25, 0.3) is 5.69 Å². The molecule has 0 fully saturated rings. The van der Waals surface area contributed by atoms with E-state index in [9.17, 15) is 0 Å². The van der Waals surface area contributed by atoms with Crippen molar-refractivity contribution in [2.24, 2.45) is 0 Å². The Balaban J connectivity index is 2.61. The lowest BCUT2D eigenvalue weighted by Gasteiger charge is -2.09. The van der Waals surface area contributed by atoms with Gasteiger partial charge < -0.3 is 4.57 Å². The van der Waals surface area contributed by atoms with Crippen LogP contribution in [0.2, 0.25) is 5.02 Å². The SMILES string of the molecule is ClCc1cccc(Cl)c1-n1ccnc1. The predicted molar refractivity (Wildman–Crippen MR) is 58.1 cm³/mol. The van der Waals surface area contributed by atoms with Crippen molar-refractivity contribution >= 4 is 23.2 Å². The number of rotatable bonds is 2. The number of aromatic nitrogens is 2. The molecule has 1 heterocycles. The molecule has 0 N–H and O–H groups in total. The fraction of sp³-hybridized carbons (Fsp3) is 0.100. The van der Waals surface area contributed by atoms with Gasteiger partial charge in [-0.1, -0.05) is 23.7 Å². The average molecular weight is 227 g/mol. The molecule has 14 heavy (non-hydrogen) atoms. The van der Waals surface area contributed by atoms with Gasteiger partial charge in [0.05, 0.1) is 17.0 Å². The molecule has 72 valence electrons. The van der Waals surface area contributed by atoms with Crippen LogP contribution in [-0.4, -0.2) is 9.55 Å². The van der Waals surface area contributed by atoms with Crippen LogP contribution in [0.15, 0.2) is 36.9 Å². The zero-order chi connectivity index (χ0) is 9.97. The highest BCUT2D eigenvalue weighted by atomic mass is 35.5. The Morgan fingerprint density at radius 1 is 1.36 bits per heavy atom. The molecule has 0 bridgehead atoms. The summed E-state index contributed by atoms with van der Waals surface area (Å²) >= 11 is 11.9. The van der Waals surface area contributed by atoms with E-state index in [4.69, 9.17) is 23.2 Å². The third-order valence-corrected chi connectivity index (χ3v) is 2.57. The zero-order valence-corrected chi connectivity index (χ0v) is 8.83. The van der Waals surface area contributed by atoms with E-state index in [2.05, 4.69) is 4.98 Å². The van der Waals surface area contributed by atoms with Gasteiger partial charge in [-0.3, -0.25) is 0 Å². The molecule has 0 atom stereocenters. The molecule has 4 heteroatoms. The van der Waals surface area contributed by atoms with Crippen LogP contribution in [-0.2, 0) is 5.88 Å². The second kappa shape index (κ2) is 4.03. The molecular weight excluding hydrogens is 219 g/mol. The Labute approximate surface area is 92.1 Å². The highest BCUT2D eigenvalue weighted by Crippen LogP contribution is 2.25. The van der Waals surface area contributed by atoms with Gasteiger partial charge in [0.25, 0.3) is 0 Å². The summed E-state index contributed by atoms with van der Waals surface area (Å²) < 4.78 is 1.86. The van der Waals surface area contributed by atoms with Crippen molar-refractivity contribution in [3.8, 4) is 5.69 Å². The number of benzene rings is 1. The minimum atomic E-state index is 0.439. The summed E-state index contributed by atoms with van der Waals surface area (Å²) in [6, 6.07) is 5.68. The van der Waals surface area contributed by atoms with Gasteiger partial charge >= 0.3 is 0 Å². The quantitative estimate of drug-likeness (QED) is 0.720. The van der Waals surface area contributed by atoms with E-state index >= 15 is 0 Å². The normalized spacial score (nSPS) is 10.4. The van der Waals surface area contributed by atoms with Gasteiger partial charge in [0.15, 0.2) is 0 Å². The molecule has 0 saturated heterocycles. The molecule has 0 spiro atoms. The number of para-hydroxylation sites is 1. The van der Waals surface area contributed by atoms with Gasteiger partial charge in [0.1, 0.15) is 0 Å². The van der Waals surface area contributed by atoms with Gasteiger partial charge in [0.2, 0.25) is 0 Å². The van der Waals surface area contributed by atoms with E-state index in [1.807, 2.05) is 29.0 Å². The second-order valence-corrected chi connectivity index (χ2v) is 3.53. The third kappa shape index (κ3) is 1.63. The molecule has 0 amide bonds. The Kier molecular flexibility index (Phi) is 2.75. The zero-order valence-electron chi connectivity index (χ0n) is 7.32. The molecular formula is C10H8Cl2N2. The third-order valence-electron chi connectivity index (χ3n) is 1.98. The first kappa shape index (κ1) is 9.56. The van der Waals surface area contributed by atoms with Crippen molar-refractivity contribution in [3.05, 3.63) is 47.5 Å². The van der Waals surface area contributed by atoms with Gasteiger partial charge in [-0.15, -0.1) is 11.6 Å². The summed E-state index contributed by atoms with van der Waals surface area (Å²) in [5, 5.41) is 0.682. The summed E-state index contributed by atoms with van der Waals surface area (Å²) in [7, 11) is 0. The second-order valence-electron chi connectivity index (χ2n) is 2.85. The van der Waals surface area contributed by atoms with Crippen molar-refractivity contribution in [2.75, 3.05) is 0 Å². The lowest BCUT2D eigenvalue weighted by Crippen LogP contribution is -1.96. The maximum atomic E-state index is 6.09. The lowest BCUT2D eigenvalue weighted by molar-refractivity contribution is 1.04. The van der Waals surface area contributed by atoms with Gasteiger partial charge in [-0.05, 0) is 11.6 Å². The van der Waals surface area contributed by atoms with Crippen LogP contribution < -0.4 is 0 Å². The first-order chi connectivity index (χ1) is 6.83. The minimum absolute atomic E-state index is 0.439. The molecule has 2 rings (SSSR count). The Morgan fingerprint density at radius 3 is 2.86 bits per heavy atom. The molecule has 0 radical (unpaired) electrons. The number of imidazole rings is 1. The molecule has 2 nitrogen and oxygen atoms in total. The van der Waals surface area contributed by atoms with E-state index in [1.165, 1.54) is 0 Å². The Morgan fingerprint density at radius 2 is 2.21 bits per heavy atom. The minimum Gasteiger partial charge on any atom is -0.304 e. The number of hydrogen-bond donors (Lipinski definition) is 0. The highest BCUT2D eigenvalue weighted by molar-refractivity contribution is 6.32. The van der Waals surface area contributed by atoms with E-state index in [0.717, 1.165) is 11.3 Å². The van der Waals surface area contributed by atoms with E-state index in [0.29, 0.717) is 10.9 Å². The standard InChI is InChI=1S/C10H8Cl2N2/c11-6-8-2-1-3-9(12)10(8)14-5-4-13-7-14/h1-5,7H,6H2. The van der Waals surface area contributed by atoms with Crippen LogP contribution in [0.1, 0.15) is 5.56 Å². The van der Waals surface area contributed by atoms with Crippen LogP contribution >= 0.6 is 23.2 Å². The fourth-order valence-corrected chi connectivity index (χ4v) is 1.86. The van der Waals surface area contributed by atoms with Crippen molar-refractivity contribution in [1.82, 2.24) is 9.55 Å². The Bertz CT molecular complexity index is 424. The number of nitrogens with zero attached hydrogens (tertiary/aromatic N) is 2. The van der Waals surface area contributed by atoms with E-state index < -0.39 is 0 Å². The highest BCUT2D eigenvalue weighted by Gasteiger charge is 2.07. The van der Waals surface area contributed by atoms with Crippen molar-refractivity contribution in [1.29, 1.82) is 0 Å². The van der Waals surface area contributed by atoms with Gasteiger partial charge in [-0.2, -0.15) is 0 Å². The maximum Gasteiger partial charge on any atom is 0.0992 e. The topological polar surface area (TPSA) is 17.8 Å². The Hall–Kier alpha value is -0.990. The van der Waals surface area contributed by atoms with Gasteiger partial charge in [-0.25, -0.2) is 4.98 Å². The van der Waals surface area contributed by atoms with Crippen LogP contribution in [0, 0.1) is 0 Å². The average Bonchev–Trinajstić information content (AvgIpc) is 2.70. The summed E-state index contributed by atoms with van der Waals surface area (Å²) in [5.74, 6) is 0.439. The predicted octanol–water partition coefficient (Wildman–Crippen LogP) is 3.26. The molecule has 1 aromatic carbocycles. The smallest absolute Gasteiger partial charge is 0.0992 e. The molecule has 0 saturated carbocycles. The molecule has 1 aromatic heterocycles. The number of halogens is 2. The molecule has 2 aromatic rings. The van der Waals surface area contributed by atoms with Crippen LogP contribution in [0.4, 0.5) is 0 Å². The maximum absolute atomic E-state index is 6.09. The molecule has 0 aliphatic heterocycles. The first-order valence-electron chi connectivity index (χ1n) is 4.14. The summed E-state index contributed by atoms with van der Waals surface area (Å²) in [5.41, 5.74) is 1.90. The fourth-order valence-electron chi connectivity index (χ4n) is 1.35. The van der Waals surface area contributed by atoms with Crippen molar-refractivity contribution < 1.29 is 0 Å². The summed E-state index contributed by atoms with van der Waals surface area (Å²) in [4.78, 5) is 3.98. The molecule has 0 unspecified atom stereocenters. The van der Waals surface area contributed by atoms with Gasteiger partial charge in [0, 0.05) is 18.3 Å². The van der Waals surface area contributed by atoms with Crippen LogP contribution in [0.5, 0.6) is 0 Å². The van der Waals surface area contributed by atoms with E-state index in [1.54, 1.807) is 12.5 Å². The largest absolute Gasteiger partial charge is 0.304 e. The number of alkyl halides is 1. The lowest BCUT2D eigenvalue weighted by atomic mass is 10.2. The summed E-state index contributed by atoms with van der Waals surface area (Å²) in [6.45, 7) is 0.